The van der Waals surface area contributed by atoms with E-state index in [1.807, 2.05) is 24.3 Å². The molecule has 1 spiro atoms. The van der Waals surface area contributed by atoms with Gasteiger partial charge in [0, 0.05) is 22.5 Å². The third-order valence-electron chi connectivity index (χ3n) is 13.6. The van der Waals surface area contributed by atoms with Gasteiger partial charge in [-0.05, 0) is 150 Å². The Labute approximate surface area is 354 Å². The van der Waals surface area contributed by atoms with Gasteiger partial charge in [0.15, 0.2) is 0 Å². The molecule has 3 aliphatic carbocycles. The number of fused-ring (bicyclic) bond motifs is 13. The second-order valence-corrected chi connectivity index (χ2v) is 17.1. The molecular formula is C58H39F2N. The van der Waals surface area contributed by atoms with E-state index in [-0.39, 0.29) is 17.0 Å². The molecule has 0 N–H and O–H groups in total. The Morgan fingerprint density at radius 3 is 1.44 bits per heavy atom. The van der Waals surface area contributed by atoms with Crippen molar-refractivity contribution in [1.29, 1.82) is 0 Å². The molecule has 12 rings (SSSR count). The Balaban J connectivity index is 1.03. The van der Waals surface area contributed by atoms with E-state index in [0.29, 0.717) is 0 Å². The fourth-order valence-corrected chi connectivity index (χ4v) is 10.9. The Morgan fingerprint density at radius 2 is 0.787 bits per heavy atom. The van der Waals surface area contributed by atoms with E-state index in [4.69, 9.17) is 0 Å². The van der Waals surface area contributed by atoms with Crippen molar-refractivity contribution in [3.05, 3.63) is 245 Å². The summed E-state index contributed by atoms with van der Waals surface area (Å²) < 4.78 is 31.0. The smallest absolute Gasteiger partial charge is 0.123 e. The zero-order valence-electron chi connectivity index (χ0n) is 33.8. The van der Waals surface area contributed by atoms with Crippen LogP contribution in [0.4, 0.5) is 25.8 Å². The summed E-state index contributed by atoms with van der Waals surface area (Å²) in [6.45, 7) is 4.64. The molecule has 0 atom stereocenters. The third kappa shape index (κ3) is 5.04. The lowest BCUT2D eigenvalue weighted by atomic mass is 9.68. The number of hydrogen-bond donors (Lipinski definition) is 0. The summed E-state index contributed by atoms with van der Waals surface area (Å²) in [4.78, 5) is 2.35. The Morgan fingerprint density at radius 1 is 0.328 bits per heavy atom. The molecule has 9 aromatic rings. The lowest BCUT2D eigenvalue weighted by Crippen LogP contribution is -2.27. The minimum Gasteiger partial charge on any atom is -0.310 e. The number of halogens is 2. The van der Waals surface area contributed by atoms with Gasteiger partial charge in [-0.1, -0.05) is 153 Å². The van der Waals surface area contributed by atoms with Crippen LogP contribution in [0.1, 0.15) is 47.2 Å². The summed E-state index contributed by atoms with van der Waals surface area (Å²) in [5.41, 5.74) is 19.5. The van der Waals surface area contributed by atoms with Crippen LogP contribution in [0, 0.1) is 11.6 Å². The highest BCUT2D eigenvalue weighted by Gasteiger charge is 2.53. The third-order valence-corrected chi connectivity index (χ3v) is 13.6. The Kier molecular flexibility index (Phi) is 7.62. The van der Waals surface area contributed by atoms with Gasteiger partial charge in [-0.3, -0.25) is 0 Å². The van der Waals surface area contributed by atoms with E-state index in [1.54, 1.807) is 12.1 Å². The number of nitrogens with zero attached hydrogens (tertiary/aromatic N) is 1. The Hall–Kier alpha value is -7.36. The molecule has 0 heterocycles. The molecule has 1 nitrogen and oxygen atoms in total. The molecule has 0 amide bonds. The molecular weight excluding hydrogens is 749 g/mol. The standard InChI is InChI=1S/C58H39F2N/c1-57(2)51-17-8-6-13-45(51)47-32-29-43(35-53(47)57)61(41-25-19-37(20-26-41)36-11-4-3-5-12-36)42-27-21-38(22-28-42)44-15-10-16-50-46-14-7-9-18-52(46)58(56(44)50)54-33-39(59)23-30-48(54)49-31-24-40(60)34-55(49)58/h3-35H,1-2H3. The van der Waals surface area contributed by atoms with Gasteiger partial charge < -0.3 is 4.90 Å². The second-order valence-electron chi connectivity index (χ2n) is 17.1. The molecule has 0 saturated carbocycles. The van der Waals surface area contributed by atoms with Crippen LogP contribution in [0.3, 0.4) is 0 Å². The SMILES string of the molecule is CC1(C)c2ccccc2-c2ccc(N(c3ccc(-c4ccccc4)cc3)c3ccc(-c4cccc5c4C4(c6cc(F)ccc6-c6ccc(F)cc64)c4ccccc4-5)cc3)cc21. The number of hydrogen-bond acceptors (Lipinski definition) is 1. The quantitative estimate of drug-likeness (QED) is 0.168. The van der Waals surface area contributed by atoms with E-state index in [1.165, 1.54) is 39.9 Å². The molecule has 3 aliphatic rings. The minimum absolute atomic E-state index is 0.154. The molecule has 61 heavy (non-hydrogen) atoms. The van der Waals surface area contributed by atoms with E-state index in [2.05, 4.69) is 170 Å². The molecule has 0 aliphatic heterocycles. The van der Waals surface area contributed by atoms with Crippen molar-refractivity contribution in [2.45, 2.75) is 24.7 Å². The van der Waals surface area contributed by atoms with Crippen molar-refractivity contribution in [3.8, 4) is 55.6 Å². The first-order valence-corrected chi connectivity index (χ1v) is 21.0. The van der Waals surface area contributed by atoms with Crippen LogP contribution in [-0.4, -0.2) is 0 Å². The van der Waals surface area contributed by atoms with Crippen molar-refractivity contribution in [1.82, 2.24) is 0 Å². The first-order valence-electron chi connectivity index (χ1n) is 21.0. The summed E-state index contributed by atoms with van der Waals surface area (Å²) in [5, 5.41) is 0. The largest absolute Gasteiger partial charge is 0.310 e. The summed E-state index contributed by atoms with van der Waals surface area (Å²) in [5.74, 6) is -0.621. The van der Waals surface area contributed by atoms with Gasteiger partial charge in [-0.15, -0.1) is 0 Å². The van der Waals surface area contributed by atoms with Crippen LogP contribution in [0.15, 0.2) is 200 Å². The molecule has 0 aromatic heterocycles. The fraction of sp³-hybridized carbons (Fsp3) is 0.0690. The van der Waals surface area contributed by atoms with E-state index < -0.39 is 5.41 Å². The van der Waals surface area contributed by atoms with Crippen LogP contribution < -0.4 is 4.90 Å². The maximum atomic E-state index is 15.5. The summed E-state index contributed by atoms with van der Waals surface area (Å²) in [7, 11) is 0. The van der Waals surface area contributed by atoms with Crippen LogP contribution >= 0.6 is 0 Å². The number of rotatable bonds is 5. The fourth-order valence-electron chi connectivity index (χ4n) is 10.9. The molecule has 290 valence electrons. The summed E-state index contributed by atoms with van der Waals surface area (Å²) in [6.07, 6.45) is 0. The second kappa shape index (κ2) is 13.1. The monoisotopic (exact) mass is 787 g/mol. The summed E-state index contributed by atoms with van der Waals surface area (Å²) >= 11 is 0. The molecule has 3 heteroatoms. The van der Waals surface area contributed by atoms with Crippen LogP contribution in [-0.2, 0) is 10.8 Å². The van der Waals surface area contributed by atoms with Crippen LogP contribution in [0.2, 0.25) is 0 Å². The average molecular weight is 788 g/mol. The predicted octanol–water partition coefficient (Wildman–Crippen LogP) is 15.4. The predicted molar refractivity (Wildman–Crippen MR) is 246 cm³/mol. The maximum Gasteiger partial charge on any atom is 0.123 e. The lowest BCUT2D eigenvalue weighted by Gasteiger charge is -2.32. The van der Waals surface area contributed by atoms with Gasteiger partial charge in [-0.2, -0.15) is 0 Å². The highest BCUT2D eigenvalue weighted by molar-refractivity contribution is 5.99. The average Bonchev–Trinajstić information content (AvgIpc) is 3.85. The van der Waals surface area contributed by atoms with Gasteiger partial charge in [0.2, 0.25) is 0 Å². The highest BCUT2D eigenvalue weighted by atomic mass is 19.1. The van der Waals surface area contributed by atoms with E-state index in [0.717, 1.165) is 78.3 Å². The van der Waals surface area contributed by atoms with Crippen molar-refractivity contribution in [2.24, 2.45) is 0 Å². The van der Waals surface area contributed by atoms with Crippen LogP contribution in [0.5, 0.6) is 0 Å². The van der Waals surface area contributed by atoms with Crippen molar-refractivity contribution >= 4 is 17.1 Å². The topological polar surface area (TPSA) is 3.24 Å². The van der Waals surface area contributed by atoms with Crippen molar-refractivity contribution in [2.75, 3.05) is 4.90 Å². The zero-order chi connectivity index (χ0) is 41.0. The molecule has 0 radical (unpaired) electrons. The number of anilines is 3. The summed E-state index contributed by atoms with van der Waals surface area (Å²) in [6, 6.07) is 68.6. The number of benzene rings is 9. The van der Waals surface area contributed by atoms with Gasteiger partial charge >= 0.3 is 0 Å². The highest BCUT2D eigenvalue weighted by Crippen LogP contribution is 2.64. The van der Waals surface area contributed by atoms with Gasteiger partial charge in [0.1, 0.15) is 11.6 Å². The Bertz CT molecular complexity index is 3180. The normalized spacial score (nSPS) is 14.2. The molecule has 9 aromatic carbocycles. The minimum atomic E-state index is -0.905. The van der Waals surface area contributed by atoms with Crippen LogP contribution in [0.25, 0.3) is 55.6 Å². The van der Waals surface area contributed by atoms with Gasteiger partial charge in [0.25, 0.3) is 0 Å². The van der Waals surface area contributed by atoms with Gasteiger partial charge in [-0.25, -0.2) is 8.78 Å². The van der Waals surface area contributed by atoms with Crippen molar-refractivity contribution in [3.63, 3.8) is 0 Å². The zero-order valence-corrected chi connectivity index (χ0v) is 33.8. The lowest BCUT2D eigenvalue weighted by molar-refractivity contribution is 0.618. The molecule has 0 unspecified atom stereocenters. The molecule has 0 saturated heterocycles. The van der Waals surface area contributed by atoms with Gasteiger partial charge in [0.05, 0.1) is 5.41 Å². The van der Waals surface area contributed by atoms with E-state index in [9.17, 15) is 0 Å². The first kappa shape index (κ1) is 35.6. The van der Waals surface area contributed by atoms with Crippen molar-refractivity contribution < 1.29 is 8.78 Å². The van der Waals surface area contributed by atoms with E-state index >= 15 is 8.78 Å². The molecule has 0 fully saturated rings. The maximum absolute atomic E-state index is 15.5. The first-order chi connectivity index (χ1) is 29.8. The molecule has 0 bridgehead atoms.